The third-order valence-electron chi connectivity index (χ3n) is 2.70. The van der Waals surface area contributed by atoms with Gasteiger partial charge in [-0.15, -0.1) is 11.3 Å². The van der Waals surface area contributed by atoms with Crippen LogP contribution in [0.25, 0.3) is 0 Å². The van der Waals surface area contributed by atoms with E-state index in [9.17, 15) is 18.0 Å². The van der Waals surface area contributed by atoms with Crippen LogP contribution in [0.2, 0.25) is 0 Å². The summed E-state index contributed by atoms with van der Waals surface area (Å²) in [7, 11) is -1.97. The topological polar surface area (TPSA) is 142 Å². The Hall–Kier alpha value is -1.81. The number of esters is 1. The first kappa shape index (κ1) is 17.2. The molecule has 0 fully saturated rings. The molecule has 118 valence electrons. The standard InChI is InChI=1S/C11H17N3O5S2/c1-3-21(17,18)5-4-14-10-6(11(16)19-2)7(12)8(20-10)9(13)15/h14H,3-5,12H2,1-2H3,(H2,13,15). The number of hydrogen-bond acceptors (Lipinski definition) is 8. The number of nitrogens with two attached hydrogens (primary N) is 2. The third kappa shape index (κ3) is 4.08. The zero-order chi connectivity index (χ0) is 16.2. The Kier molecular flexibility index (Phi) is 5.55. The van der Waals surface area contributed by atoms with Crippen molar-refractivity contribution in [2.75, 3.05) is 36.2 Å². The third-order valence-corrected chi connectivity index (χ3v) is 5.58. The first-order valence-corrected chi connectivity index (χ1v) is 8.62. The lowest BCUT2D eigenvalue weighted by Crippen LogP contribution is -2.18. The van der Waals surface area contributed by atoms with E-state index in [4.69, 9.17) is 11.5 Å². The maximum atomic E-state index is 11.7. The Balaban J connectivity index is 3.03. The van der Waals surface area contributed by atoms with Crippen molar-refractivity contribution in [1.82, 2.24) is 0 Å². The number of hydrogen-bond donors (Lipinski definition) is 3. The fourth-order valence-corrected chi connectivity index (χ4v) is 3.21. The quantitative estimate of drug-likeness (QED) is 0.598. The Morgan fingerprint density at radius 2 is 2.00 bits per heavy atom. The van der Waals surface area contributed by atoms with Gasteiger partial charge in [-0.25, -0.2) is 13.2 Å². The van der Waals surface area contributed by atoms with Crippen LogP contribution in [0, 0.1) is 0 Å². The highest BCUT2D eigenvalue weighted by molar-refractivity contribution is 7.91. The number of nitrogens with one attached hydrogen (secondary N) is 1. The fraction of sp³-hybridized carbons (Fsp3) is 0.455. The highest BCUT2D eigenvalue weighted by Gasteiger charge is 2.25. The summed E-state index contributed by atoms with van der Waals surface area (Å²) in [5, 5.41) is 3.05. The van der Waals surface area contributed by atoms with Crippen molar-refractivity contribution >= 4 is 43.7 Å². The van der Waals surface area contributed by atoms with Crippen LogP contribution in [0.5, 0.6) is 0 Å². The molecule has 8 nitrogen and oxygen atoms in total. The van der Waals surface area contributed by atoms with E-state index in [1.54, 1.807) is 6.92 Å². The van der Waals surface area contributed by atoms with Crippen molar-refractivity contribution < 1.29 is 22.7 Å². The second-order valence-corrected chi connectivity index (χ2v) is 7.56. The van der Waals surface area contributed by atoms with Crippen LogP contribution in [0.4, 0.5) is 10.7 Å². The molecule has 0 aliphatic carbocycles. The van der Waals surface area contributed by atoms with Crippen molar-refractivity contribution in [3.05, 3.63) is 10.4 Å². The molecule has 1 amide bonds. The lowest BCUT2D eigenvalue weighted by Gasteiger charge is -2.06. The van der Waals surface area contributed by atoms with E-state index in [1.807, 2.05) is 0 Å². The molecule has 10 heteroatoms. The normalized spacial score (nSPS) is 11.1. The van der Waals surface area contributed by atoms with E-state index in [-0.39, 0.29) is 39.2 Å². The van der Waals surface area contributed by atoms with Crippen LogP contribution < -0.4 is 16.8 Å². The van der Waals surface area contributed by atoms with Crippen molar-refractivity contribution in [3.63, 3.8) is 0 Å². The molecule has 0 saturated heterocycles. The Bertz CT molecular complexity index is 651. The number of carbonyl (C=O) groups excluding carboxylic acids is 2. The van der Waals surface area contributed by atoms with Crippen LogP contribution in [-0.4, -0.2) is 45.5 Å². The lowest BCUT2D eigenvalue weighted by molar-refractivity contribution is 0.0603. The number of methoxy groups -OCH3 is 1. The summed E-state index contributed by atoms with van der Waals surface area (Å²) in [5.41, 5.74) is 10.8. The molecule has 0 spiro atoms. The molecule has 1 rings (SSSR count). The Morgan fingerprint density at radius 1 is 1.38 bits per heavy atom. The molecule has 21 heavy (non-hydrogen) atoms. The number of primary amides is 1. The smallest absolute Gasteiger partial charge is 0.343 e. The van der Waals surface area contributed by atoms with E-state index < -0.39 is 21.7 Å². The summed E-state index contributed by atoms with van der Waals surface area (Å²) in [6.07, 6.45) is 0. The average molecular weight is 335 g/mol. The summed E-state index contributed by atoms with van der Waals surface area (Å²) >= 11 is 0.890. The Labute approximate surface area is 126 Å². The van der Waals surface area contributed by atoms with E-state index >= 15 is 0 Å². The van der Waals surface area contributed by atoms with Gasteiger partial charge in [0.15, 0.2) is 9.84 Å². The molecule has 0 aromatic carbocycles. The van der Waals surface area contributed by atoms with Crippen LogP contribution in [0.15, 0.2) is 0 Å². The highest BCUT2D eigenvalue weighted by atomic mass is 32.2. The molecule has 0 atom stereocenters. The van der Waals surface area contributed by atoms with Crippen LogP contribution in [-0.2, 0) is 14.6 Å². The van der Waals surface area contributed by atoms with Gasteiger partial charge in [0.2, 0.25) is 0 Å². The monoisotopic (exact) mass is 335 g/mol. The molecule has 0 saturated carbocycles. The van der Waals surface area contributed by atoms with Crippen LogP contribution >= 0.6 is 11.3 Å². The molecular weight excluding hydrogens is 318 g/mol. The number of thiophene rings is 1. The van der Waals surface area contributed by atoms with Crippen LogP contribution in [0.3, 0.4) is 0 Å². The fourth-order valence-electron chi connectivity index (χ4n) is 1.52. The number of amides is 1. The van der Waals surface area contributed by atoms with Gasteiger partial charge in [0.25, 0.3) is 5.91 Å². The van der Waals surface area contributed by atoms with Crippen LogP contribution in [0.1, 0.15) is 27.0 Å². The van der Waals surface area contributed by atoms with E-state index in [2.05, 4.69) is 10.1 Å². The minimum absolute atomic E-state index is 0.00908. The first-order chi connectivity index (χ1) is 9.73. The van der Waals surface area contributed by atoms with E-state index in [0.717, 1.165) is 11.3 Å². The largest absolute Gasteiger partial charge is 0.465 e. The molecule has 1 heterocycles. The number of anilines is 2. The van der Waals surface area contributed by atoms with Gasteiger partial charge in [-0.05, 0) is 0 Å². The number of rotatable bonds is 7. The van der Waals surface area contributed by atoms with Gasteiger partial charge in [0, 0.05) is 12.3 Å². The summed E-state index contributed by atoms with van der Waals surface area (Å²) < 4.78 is 27.4. The van der Waals surface area contributed by atoms with E-state index in [1.165, 1.54) is 7.11 Å². The molecule has 0 aliphatic rings. The van der Waals surface area contributed by atoms with E-state index in [0.29, 0.717) is 0 Å². The minimum Gasteiger partial charge on any atom is -0.465 e. The van der Waals surface area contributed by atoms with Crippen molar-refractivity contribution in [2.45, 2.75) is 6.92 Å². The second-order valence-electron chi connectivity index (χ2n) is 4.07. The predicted octanol–water partition coefficient (Wildman–Crippen LogP) is 0.0624. The Morgan fingerprint density at radius 3 is 2.48 bits per heavy atom. The molecule has 0 aliphatic heterocycles. The second kappa shape index (κ2) is 6.76. The lowest BCUT2D eigenvalue weighted by atomic mass is 10.2. The maximum absolute atomic E-state index is 11.7. The molecule has 0 bridgehead atoms. The SMILES string of the molecule is CCS(=O)(=O)CCNc1sc(C(N)=O)c(N)c1C(=O)OC. The van der Waals surface area contributed by atoms with Gasteiger partial charge in [-0.2, -0.15) is 0 Å². The highest BCUT2D eigenvalue weighted by Crippen LogP contribution is 2.35. The van der Waals surface area contributed by atoms with Gasteiger partial charge in [-0.1, -0.05) is 6.92 Å². The minimum atomic E-state index is -3.14. The first-order valence-electron chi connectivity index (χ1n) is 5.98. The number of nitrogen functional groups attached to an aromatic ring is 1. The molecule has 1 aromatic heterocycles. The van der Waals surface area contributed by atoms with Gasteiger partial charge in [0.05, 0.1) is 18.6 Å². The molecular formula is C11H17N3O5S2. The molecule has 0 unspecified atom stereocenters. The van der Waals surface area contributed by atoms with Gasteiger partial charge in [0.1, 0.15) is 15.4 Å². The summed E-state index contributed by atoms with van der Waals surface area (Å²) in [4.78, 5) is 23.0. The number of sulfone groups is 1. The number of ether oxygens (including phenoxy) is 1. The van der Waals surface area contributed by atoms with Gasteiger partial charge >= 0.3 is 5.97 Å². The van der Waals surface area contributed by atoms with Crippen molar-refractivity contribution in [3.8, 4) is 0 Å². The predicted molar refractivity (Wildman–Crippen MR) is 81.4 cm³/mol. The maximum Gasteiger partial charge on any atom is 0.343 e. The van der Waals surface area contributed by atoms with Crippen molar-refractivity contribution in [2.24, 2.45) is 5.73 Å². The zero-order valence-electron chi connectivity index (χ0n) is 11.6. The molecule has 5 N–H and O–H groups in total. The molecule has 0 radical (unpaired) electrons. The van der Waals surface area contributed by atoms with Gasteiger partial charge in [-0.3, -0.25) is 4.79 Å². The summed E-state index contributed by atoms with van der Waals surface area (Å²) in [6, 6.07) is 0. The van der Waals surface area contributed by atoms with Gasteiger partial charge < -0.3 is 21.5 Å². The average Bonchev–Trinajstić information content (AvgIpc) is 2.75. The molecule has 1 aromatic rings. The zero-order valence-corrected chi connectivity index (χ0v) is 13.3. The number of carbonyl (C=O) groups is 2. The summed E-state index contributed by atoms with van der Waals surface area (Å²) in [6.45, 7) is 1.63. The summed E-state index contributed by atoms with van der Waals surface area (Å²) in [5.74, 6) is -1.57. The van der Waals surface area contributed by atoms with Crippen molar-refractivity contribution in [1.29, 1.82) is 0 Å².